The number of hydrogen-bond donors (Lipinski definition) is 3. The lowest BCUT2D eigenvalue weighted by Crippen LogP contribution is -2.40. The van der Waals surface area contributed by atoms with Crippen LogP contribution in [0.4, 0.5) is 0 Å². The second-order valence-corrected chi connectivity index (χ2v) is 4.81. The van der Waals surface area contributed by atoms with Crippen LogP contribution in [0.5, 0.6) is 0 Å². The van der Waals surface area contributed by atoms with Crippen molar-refractivity contribution in [1.29, 1.82) is 0 Å². The van der Waals surface area contributed by atoms with Gasteiger partial charge in [-0.2, -0.15) is 0 Å². The minimum atomic E-state index is -0.315. The molecule has 0 saturated heterocycles. The first-order chi connectivity index (χ1) is 10.7. The normalized spacial score (nSPS) is 11.5. The Morgan fingerprint density at radius 1 is 0.955 bits per heavy atom. The molecule has 1 unspecified atom stereocenters. The summed E-state index contributed by atoms with van der Waals surface area (Å²) in [6.45, 7) is 0.208. The standard InChI is InChI=1S/C17H19N3O2/c18-11-16(21)20-15(13-7-3-1-4-8-13)12-19-17(22)14-9-5-2-6-10-14/h1-10,15H,11-12,18H2,(H,19,22)(H,20,21). The van der Waals surface area contributed by atoms with Crippen molar-refractivity contribution in [2.24, 2.45) is 5.73 Å². The summed E-state index contributed by atoms with van der Waals surface area (Å²) in [4.78, 5) is 23.6. The van der Waals surface area contributed by atoms with E-state index in [9.17, 15) is 9.59 Å². The molecule has 0 bridgehead atoms. The first kappa shape index (κ1) is 15.7. The van der Waals surface area contributed by atoms with Crippen LogP contribution < -0.4 is 16.4 Å². The molecule has 0 aliphatic rings. The van der Waals surface area contributed by atoms with E-state index < -0.39 is 0 Å². The number of nitrogens with one attached hydrogen (secondary N) is 2. The molecule has 1 atom stereocenters. The maximum absolute atomic E-state index is 12.1. The molecule has 0 heterocycles. The number of amides is 2. The fraction of sp³-hybridized carbons (Fsp3) is 0.176. The second kappa shape index (κ2) is 7.95. The van der Waals surface area contributed by atoms with Crippen LogP contribution in [-0.4, -0.2) is 24.9 Å². The van der Waals surface area contributed by atoms with Crippen LogP contribution >= 0.6 is 0 Å². The molecule has 0 saturated carbocycles. The van der Waals surface area contributed by atoms with Crippen molar-refractivity contribution in [2.75, 3.05) is 13.1 Å². The van der Waals surface area contributed by atoms with Gasteiger partial charge in [0.25, 0.3) is 5.91 Å². The summed E-state index contributed by atoms with van der Waals surface area (Å²) >= 11 is 0. The molecule has 0 aromatic heterocycles. The summed E-state index contributed by atoms with van der Waals surface area (Å²) < 4.78 is 0. The van der Waals surface area contributed by atoms with E-state index in [-0.39, 0.29) is 24.4 Å². The molecule has 114 valence electrons. The predicted octanol–water partition coefficient (Wildman–Crippen LogP) is 1.23. The van der Waals surface area contributed by atoms with E-state index >= 15 is 0 Å². The topological polar surface area (TPSA) is 84.2 Å². The summed E-state index contributed by atoms with van der Waals surface area (Å²) in [7, 11) is 0. The SMILES string of the molecule is NCC(=O)NC(CNC(=O)c1ccccc1)c1ccccc1. The van der Waals surface area contributed by atoms with Crippen molar-refractivity contribution >= 4 is 11.8 Å². The quantitative estimate of drug-likeness (QED) is 0.750. The van der Waals surface area contributed by atoms with Crippen LogP contribution in [0.2, 0.25) is 0 Å². The molecule has 2 aromatic carbocycles. The van der Waals surface area contributed by atoms with Crippen molar-refractivity contribution < 1.29 is 9.59 Å². The third-order valence-corrected chi connectivity index (χ3v) is 3.23. The highest BCUT2D eigenvalue weighted by Gasteiger charge is 2.15. The van der Waals surface area contributed by atoms with E-state index in [2.05, 4.69) is 10.6 Å². The van der Waals surface area contributed by atoms with Gasteiger partial charge in [-0.3, -0.25) is 9.59 Å². The van der Waals surface area contributed by atoms with Crippen LogP contribution in [0, 0.1) is 0 Å². The third kappa shape index (κ3) is 4.43. The van der Waals surface area contributed by atoms with Gasteiger partial charge < -0.3 is 16.4 Å². The molecule has 0 radical (unpaired) electrons. The van der Waals surface area contributed by atoms with Gasteiger partial charge in [-0.15, -0.1) is 0 Å². The molecule has 5 heteroatoms. The van der Waals surface area contributed by atoms with Gasteiger partial charge in [0.15, 0.2) is 0 Å². The van der Waals surface area contributed by atoms with Crippen LogP contribution in [0.3, 0.4) is 0 Å². The predicted molar refractivity (Wildman–Crippen MR) is 85.2 cm³/mol. The first-order valence-electron chi connectivity index (χ1n) is 7.08. The average molecular weight is 297 g/mol. The Kier molecular flexibility index (Phi) is 5.68. The van der Waals surface area contributed by atoms with E-state index in [1.54, 1.807) is 24.3 Å². The molecule has 2 rings (SSSR count). The van der Waals surface area contributed by atoms with E-state index in [1.807, 2.05) is 36.4 Å². The van der Waals surface area contributed by atoms with Crippen LogP contribution in [0.25, 0.3) is 0 Å². The molecule has 0 fully saturated rings. The molecule has 22 heavy (non-hydrogen) atoms. The Labute approximate surface area is 129 Å². The smallest absolute Gasteiger partial charge is 0.251 e. The lowest BCUT2D eigenvalue weighted by molar-refractivity contribution is -0.120. The van der Waals surface area contributed by atoms with Crippen molar-refractivity contribution in [3.8, 4) is 0 Å². The van der Waals surface area contributed by atoms with Gasteiger partial charge in [-0.05, 0) is 17.7 Å². The van der Waals surface area contributed by atoms with Crippen molar-refractivity contribution in [2.45, 2.75) is 6.04 Å². The molecular weight excluding hydrogens is 278 g/mol. The van der Waals surface area contributed by atoms with Crippen molar-refractivity contribution in [1.82, 2.24) is 10.6 Å². The Morgan fingerprint density at radius 2 is 1.55 bits per heavy atom. The number of nitrogens with two attached hydrogens (primary N) is 1. The Balaban J connectivity index is 2.04. The number of carbonyl (C=O) groups is 2. The zero-order chi connectivity index (χ0) is 15.8. The number of carbonyl (C=O) groups excluding carboxylic acids is 2. The summed E-state index contributed by atoms with van der Waals surface area (Å²) in [5.74, 6) is -0.439. The summed E-state index contributed by atoms with van der Waals surface area (Å²) in [5.41, 5.74) is 6.84. The highest BCUT2D eigenvalue weighted by Crippen LogP contribution is 2.11. The molecular formula is C17H19N3O2. The maximum Gasteiger partial charge on any atom is 0.251 e. The lowest BCUT2D eigenvalue weighted by atomic mass is 10.1. The fourth-order valence-electron chi connectivity index (χ4n) is 2.08. The monoisotopic (exact) mass is 297 g/mol. The van der Waals surface area contributed by atoms with Gasteiger partial charge in [0, 0.05) is 12.1 Å². The Bertz CT molecular complexity index is 614. The van der Waals surface area contributed by atoms with E-state index in [0.29, 0.717) is 12.1 Å². The number of hydrogen-bond acceptors (Lipinski definition) is 3. The minimum Gasteiger partial charge on any atom is -0.350 e. The van der Waals surface area contributed by atoms with Crippen LogP contribution in [0.1, 0.15) is 22.0 Å². The first-order valence-corrected chi connectivity index (χ1v) is 7.08. The highest BCUT2D eigenvalue weighted by atomic mass is 16.2. The molecule has 0 aliphatic carbocycles. The minimum absolute atomic E-state index is 0.0873. The number of rotatable bonds is 6. The van der Waals surface area contributed by atoms with Gasteiger partial charge in [-0.1, -0.05) is 48.5 Å². The summed E-state index contributed by atoms with van der Waals surface area (Å²) in [6.07, 6.45) is 0. The fourth-order valence-corrected chi connectivity index (χ4v) is 2.08. The largest absolute Gasteiger partial charge is 0.350 e. The van der Waals surface area contributed by atoms with Gasteiger partial charge >= 0.3 is 0 Å². The Morgan fingerprint density at radius 3 is 2.14 bits per heavy atom. The number of benzene rings is 2. The van der Waals surface area contributed by atoms with Gasteiger partial charge in [0.2, 0.25) is 5.91 Å². The van der Waals surface area contributed by atoms with Gasteiger partial charge in [-0.25, -0.2) is 0 Å². The molecule has 0 aliphatic heterocycles. The van der Waals surface area contributed by atoms with E-state index in [0.717, 1.165) is 5.56 Å². The zero-order valence-corrected chi connectivity index (χ0v) is 12.2. The zero-order valence-electron chi connectivity index (χ0n) is 12.2. The molecule has 5 nitrogen and oxygen atoms in total. The summed E-state index contributed by atoms with van der Waals surface area (Å²) in [5, 5.41) is 5.64. The maximum atomic E-state index is 12.1. The van der Waals surface area contributed by atoms with Crippen LogP contribution in [0.15, 0.2) is 60.7 Å². The van der Waals surface area contributed by atoms with E-state index in [4.69, 9.17) is 5.73 Å². The second-order valence-electron chi connectivity index (χ2n) is 4.81. The molecule has 4 N–H and O–H groups in total. The molecule has 2 amide bonds. The highest BCUT2D eigenvalue weighted by molar-refractivity contribution is 5.94. The average Bonchev–Trinajstić information content (AvgIpc) is 2.59. The summed E-state index contributed by atoms with van der Waals surface area (Å²) in [6, 6.07) is 18.1. The Hall–Kier alpha value is -2.66. The lowest BCUT2D eigenvalue weighted by Gasteiger charge is -2.19. The van der Waals surface area contributed by atoms with Crippen molar-refractivity contribution in [3.05, 3.63) is 71.8 Å². The van der Waals surface area contributed by atoms with Crippen molar-refractivity contribution in [3.63, 3.8) is 0 Å². The molecule has 0 spiro atoms. The van der Waals surface area contributed by atoms with E-state index in [1.165, 1.54) is 0 Å². The van der Waals surface area contributed by atoms with Gasteiger partial charge in [0.1, 0.15) is 0 Å². The van der Waals surface area contributed by atoms with Crippen LogP contribution in [-0.2, 0) is 4.79 Å². The third-order valence-electron chi connectivity index (χ3n) is 3.23. The van der Waals surface area contributed by atoms with Gasteiger partial charge in [0.05, 0.1) is 12.6 Å². The molecule has 2 aromatic rings.